The van der Waals surface area contributed by atoms with Crippen molar-refractivity contribution in [2.45, 2.75) is 32.7 Å². The Labute approximate surface area is 205 Å². The summed E-state index contributed by atoms with van der Waals surface area (Å²) in [5.41, 5.74) is 5.39. The van der Waals surface area contributed by atoms with Crippen LogP contribution >= 0.6 is 0 Å². The number of benzene rings is 2. The lowest BCUT2D eigenvalue weighted by Gasteiger charge is -2.30. The van der Waals surface area contributed by atoms with Crippen molar-refractivity contribution in [3.63, 3.8) is 0 Å². The molecule has 0 aliphatic carbocycles. The van der Waals surface area contributed by atoms with Gasteiger partial charge in [0.2, 0.25) is 0 Å². The van der Waals surface area contributed by atoms with Crippen LogP contribution < -0.4 is 10.1 Å². The van der Waals surface area contributed by atoms with Gasteiger partial charge in [-0.2, -0.15) is 5.10 Å². The third-order valence-electron chi connectivity index (χ3n) is 6.70. The second-order valence-electron chi connectivity index (χ2n) is 9.47. The Hall–Kier alpha value is -3.71. The van der Waals surface area contributed by atoms with Crippen LogP contribution in [-0.4, -0.2) is 51.8 Å². The summed E-state index contributed by atoms with van der Waals surface area (Å²) < 4.78 is 8.01. The molecular weight excluding hydrogens is 438 g/mol. The van der Waals surface area contributed by atoms with Gasteiger partial charge in [0.1, 0.15) is 11.5 Å². The van der Waals surface area contributed by atoms with Crippen LogP contribution in [0, 0.1) is 13.8 Å². The molecule has 0 radical (unpaired) electrons. The molecule has 1 fully saturated rings. The fourth-order valence-electron chi connectivity index (χ4n) is 4.88. The van der Waals surface area contributed by atoms with Gasteiger partial charge in [-0.3, -0.25) is 14.5 Å². The van der Waals surface area contributed by atoms with Crippen molar-refractivity contribution in [1.82, 2.24) is 25.0 Å². The first-order chi connectivity index (χ1) is 16.9. The Kier molecular flexibility index (Phi) is 6.26. The summed E-state index contributed by atoms with van der Waals surface area (Å²) in [5.74, 6) is 1.43. The van der Waals surface area contributed by atoms with Crippen LogP contribution in [0.2, 0.25) is 0 Å². The molecule has 2 aromatic carbocycles. The number of carbonyl (C=O) groups excluding carboxylic acids is 1. The first kappa shape index (κ1) is 23.1. The van der Waals surface area contributed by atoms with Crippen LogP contribution in [0.15, 0.2) is 54.7 Å². The predicted molar refractivity (Wildman–Crippen MR) is 138 cm³/mol. The molecule has 1 aliphatic rings. The highest BCUT2D eigenvalue weighted by molar-refractivity contribution is 5.96. The molecule has 180 valence electrons. The molecule has 1 saturated heterocycles. The van der Waals surface area contributed by atoms with E-state index in [-0.39, 0.29) is 11.9 Å². The predicted octanol–water partition coefficient (Wildman–Crippen LogP) is 4.87. The lowest BCUT2D eigenvalue weighted by Crippen LogP contribution is -2.46. The number of amides is 1. The van der Waals surface area contributed by atoms with E-state index in [1.54, 1.807) is 6.20 Å². The third-order valence-corrected chi connectivity index (χ3v) is 6.70. The number of rotatable bonds is 5. The van der Waals surface area contributed by atoms with Crippen LogP contribution in [0.3, 0.4) is 0 Å². The van der Waals surface area contributed by atoms with Crippen molar-refractivity contribution >= 4 is 16.8 Å². The van der Waals surface area contributed by atoms with E-state index in [1.165, 1.54) is 0 Å². The highest BCUT2D eigenvalue weighted by Gasteiger charge is 2.20. The van der Waals surface area contributed by atoms with Gasteiger partial charge in [0.15, 0.2) is 0 Å². The largest absolute Gasteiger partial charge is 0.457 e. The smallest absolute Gasteiger partial charge is 0.251 e. The van der Waals surface area contributed by atoms with Crippen molar-refractivity contribution in [3.05, 3.63) is 71.5 Å². The van der Waals surface area contributed by atoms with Crippen LogP contribution in [0.4, 0.5) is 0 Å². The summed E-state index contributed by atoms with van der Waals surface area (Å²) in [6.07, 6.45) is 3.88. The number of carbonyl (C=O) groups is 1. The number of aromatic nitrogens is 3. The van der Waals surface area contributed by atoms with Gasteiger partial charge in [-0.05, 0) is 76.2 Å². The molecule has 5 rings (SSSR count). The number of piperidine rings is 1. The molecule has 1 amide bonds. The molecule has 1 aliphatic heterocycles. The van der Waals surface area contributed by atoms with E-state index >= 15 is 0 Å². The quantitative estimate of drug-likeness (QED) is 0.452. The van der Waals surface area contributed by atoms with Gasteiger partial charge in [0.25, 0.3) is 5.91 Å². The van der Waals surface area contributed by atoms with Crippen LogP contribution in [-0.2, 0) is 7.05 Å². The zero-order valence-electron chi connectivity index (χ0n) is 20.7. The maximum Gasteiger partial charge on any atom is 0.251 e. The van der Waals surface area contributed by atoms with E-state index in [0.29, 0.717) is 11.3 Å². The maximum absolute atomic E-state index is 12.9. The fourth-order valence-corrected chi connectivity index (χ4v) is 4.88. The third kappa shape index (κ3) is 4.91. The molecule has 7 heteroatoms. The second-order valence-corrected chi connectivity index (χ2v) is 9.47. The standard InChI is InChI=1S/C28H31N5O2/c1-18-14-20(7-9-24(18)28(34)30-21-6-5-13-32(3)17-21)26-15-23(11-12-29-26)35-22-8-10-25-19(2)31-33(4)27(25)16-22/h7-12,14-16,21H,5-6,13,17H2,1-4H3,(H,30,34)/t21-/m1/s1. The van der Waals surface area contributed by atoms with E-state index in [9.17, 15) is 4.79 Å². The normalized spacial score (nSPS) is 16.4. The Bertz CT molecular complexity index is 1390. The average Bonchev–Trinajstić information content (AvgIpc) is 3.12. The maximum atomic E-state index is 12.9. The molecule has 1 N–H and O–H groups in total. The number of pyridine rings is 1. The lowest BCUT2D eigenvalue weighted by atomic mass is 10.0. The Morgan fingerprint density at radius 1 is 1.06 bits per heavy atom. The summed E-state index contributed by atoms with van der Waals surface area (Å²) in [7, 11) is 4.03. The van der Waals surface area contributed by atoms with Crippen LogP contribution in [0.5, 0.6) is 11.5 Å². The van der Waals surface area contributed by atoms with Crippen molar-refractivity contribution in [2.75, 3.05) is 20.1 Å². The number of nitrogens with zero attached hydrogens (tertiary/aromatic N) is 4. The molecule has 7 nitrogen and oxygen atoms in total. The van der Waals surface area contributed by atoms with Gasteiger partial charge >= 0.3 is 0 Å². The minimum Gasteiger partial charge on any atom is -0.457 e. The molecule has 0 spiro atoms. The summed E-state index contributed by atoms with van der Waals surface area (Å²) in [5, 5.41) is 8.79. The first-order valence-electron chi connectivity index (χ1n) is 12.0. The Morgan fingerprint density at radius 2 is 1.89 bits per heavy atom. The van der Waals surface area contributed by atoms with Gasteiger partial charge < -0.3 is 15.0 Å². The molecule has 0 unspecified atom stereocenters. The fraction of sp³-hybridized carbons (Fsp3) is 0.321. The second kappa shape index (κ2) is 9.50. The van der Waals surface area contributed by atoms with Crippen molar-refractivity contribution in [2.24, 2.45) is 7.05 Å². The molecule has 2 aromatic heterocycles. The number of nitrogens with one attached hydrogen (secondary N) is 1. The van der Waals surface area contributed by atoms with Gasteiger partial charge in [0, 0.05) is 54.5 Å². The molecule has 1 atom stereocenters. The van der Waals surface area contributed by atoms with E-state index in [1.807, 2.05) is 74.1 Å². The topological polar surface area (TPSA) is 72.3 Å². The van der Waals surface area contributed by atoms with E-state index in [4.69, 9.17) is 4.74 Å². The Balaban J connectivity index is 1.33. The number of ether oxygens (including phenoxy) is 1. The monoisotopic (exact) mass is 469 g/mol. The average molecular weight is 470 g/mol. The molecule has 4 aromatic rings. The molecule has 0 saturated carbocycles. The van der Waals surface area contributed by atoms with Crippen molar-refractivity contribution < 1.29 is 9.53 Å². The van der Waals surface area contributed by atoms with Gasteiger partial charge in [0.05, 0.1) is 16.9 Å². The summed E-state index contributed by atoms with van der Waals surface area (Å²) in [6, 6.07) is 15.8. The summed E-state index contributed by atoms with van der Waals surface area (Å²) >= 11 is 0. The van der Waals surface area contributed by atoms with E-state index < -0.39 is 0 Å². The number of likely N-dealkylation sites (N-methyl/N-ethyl adjacent to an activating group) is 1. The number of likely N-dealkylation sites (tertiary alicyclic amines) is 1. The summed E-state index contributed by atoms with van der Waals surface area (Å²) in [4.78, 5) is 19.7. The van der Waals surface area contributed by atoms with E-state index in [2.05, 4.69) is 27.3 Å². The number of aryl methyl sites for hydroxylation is 3. The van der Waals surface area contributed by atoms with Gasteiger partial charge in [-0.1, -0.05) is 6.07 Å². The Morgan fingerprint density at radius 3 is 2.69 bits per heavy atom. The number of hydrogen-bond acceptors (Lipinski definition) is 5. The molecule has 0 bridgehead atoms. The highest BCUT2D eigenvalue weighted by atomic mass is 16.5. The van der Waals surface area contributed by atoms with Crippen molar-refractivity contribution in [1.29, 1.82) is 0 Å². The van der Waals surface area contributed by atoms with Crippen LogP contribution in [0.25, 0.3) is 22.2 Å². The minimum absolute atomic E-state index is 0.0137. The lowest BCUT2D eigenvalue weighted by molar-refractivity contribution is 0.0912. The van der Waals surface area contributed by atoms with Crippen LogP contribution in [0.1, 0.15) is 34.5 Å². The zero-order valence-corrected chi connectivity index (χ0v) is 20.7. The van der Waals surface area contributed by atoms with Gasteiger partial charge in [-0.25, -0.2) is 0 Å². The first-order valence-corrected chi connectivity index (χ1v) is 12.0. The highest BCUT2D eigenvalue weighted by Crippen LogP contribution is 2.29. The summed E-state index contributed by atoms with van der Waals surface area (Å²) in [6.45, 7) is 5.96. The number of fused-ring (bicyclic) bond motifs is 1. The van der Waals surface area contributed by atoms with Gasteiger partial charge in [-0.15, -0.1) is 0 Å². The SMILES string of the molecule is Cc1cc(-c2cc(Oc3ccc4c(C)nn(C)c4c3)ccn2)ccc1C(=O)N[C@@H]1CCCN(C)C1. The molecule has 35 heavy (non-hydrogen) atoms. The minimum atomic E-state index is -0.0137. The molecule has 3 heterocycles. The zero-order chi connectivity index (χ0) is 24.5. The van der Waals surface area contributed by atoms with E-state index in [0.717, 1.165) is 65.1 Å². The number of hydrogen-bond donors (Lipinski definition) is 1. The molecular formula is C28H31N5O2. The van der Waals surface area contributed by atoms with Crippen molar-refractivity contribution in [3.8, 4) is 22.8 Å².